The zero-order valence-corrected chi connectivity index (χ0v) is 29.7. The lowest BCUT2D eigenvalue weighted by Gasteiger charge is -2.25. The maximum absolute atomic E-state index is 5.25. The van der Waals surface area contributed by atoms with E-state index in [4.69, 9.17) is 9.97 Å². The summed E-state index contributed by atoms with van der Waals surface area (Å²) in [7, 11) is 0. The van der Waals surface area contributed by atoms with E-state index >= 15 is 0 Å². The number of benzene rings is 8. The lowest BCUT2D eigenvalue weighted by molar-refractivity contribution is 0.662. The molecule has 0 radical (unpaired) electrons. The van der Waals surface area contributed by atoms with Gasteiger partial charge in [-0.05, 0) is 72.1 Å². The molecular weight excluding hydrogens is 641 g/mol. The van der Waals surface area contributed by atoms with Gasteiger partial charge in [-0.25, -0.2) is 9.97 Å². The summed E-state index contributed by atoms with van der Waals surface area (Å²) in [4.78, 5) is 10.4. The van der Waals surface area contributed by atoms with Crippen LogP contribution in [0.15, 0.2) is 182 Å². The van der Waals surface area contributed by atoms with Crippen molar-refractivity contribution in [3.63, 3.8) is 0 Å². The number of nitrogens with zero attached hydrogens (tertiary/aromatic N) is 2. The Bertz CT molecular complexity index is 2840. The third-order valence-electron chi connectivity index (χ3n) is 11.1. The van der Waals surface area contributed by atoms with Crippen molar-refractivity contribution < 1.29 is 0 Å². The van der Waals surface area contributed by atoms with Crippen LogP contribution in [-0.2, 0) is 5.41 Å². The first-order chi connectivity index (χ1) is 26.0. The van der Waals surface area contributed by atoms with Crippen molar-refractivity contribution in [2.75, 3.05) is 0 Å². The van der Waals surface area contributed by atoms with Crippen molar-refractivity contribution in [3.8, 4) is 67.3 Å². The fraction of sp³-hybridized carbons (Fsp3) is 0.0588. The third-order valence-corrected chi connectivity index (χ3v) is 11.1. The Kier molecular flexibility index (Phi) is 7.19. The van der Waals surface area contributed by atoms with Crippen molar-refractivity contribution in [1.82, 2.24) is 9.97 Å². The average molecular weight is 677 g/mol. The van der Waals surface area contributed by atoms with E-state index in [1.54, 1.807) is 0 Å². The molecule has 0 fully saturated rings. The van der Waals surface area contributed by atoms with Gasteiger partial charge in [0, 0.05) is 22.1 Å². The Balaban J connectivity index is 1.12. The molecule has 0 bridgehead atoms. The SMILES string of the molecule is CC1(C)c2ccccc2-c2cccc(-c3ccc(-c4cc(-c5ccc(-c6cccc7ccccc67)cc5)nc(-c5ccccc5)n4)c4ccccc34)c21. The fourth-order valence-electron chi connectivity index (χ4n) is 8.58. The lowest BCUT2D eigenvalue weighted by Crippen LogP contribution is -2.16. The zero-order chi connectivity index (χ0) is 35.5. The van der Waals surface area contributed by atoms with Gasteiger partial charge in [0.25, 0.3) is 0 Å². The Morgan fingerprint density at radius 1 is 0.358 bits per heavy atom. The minimum Gasteiger partial charge on any atom is -0.228 e. The molecular formula is C51H36N2. The number of aromatic nitrogens is 2. The van der Waals surface area contributed by atoms with Gasteiger partial charge in [0.2, 0.25) is 0 Å². The molecule has 1 aliphatic rings. The Labute approximate surface area is 310 Å². The summed E-state index contributed by atoms with van der Waals surface area (Å²) in [5, 5.41) is 4.88. The van der Waals surface area contributed by atoms with E-state index in [2.05, 4.69) is 178 Å². The van der Waals surface area contributed by atoms with Crippen LogP contribution < -0.4 is 0 Å². The van der Waals surface area contributed by atoms with Gasteiger partial charge < -0.3 is 0 Å². The molecule has 0 N–H and O–H groups in total. The van der Waals surface area contributed by atoms with Crippen LogP contribution in [0.5, 0.6) is 0 Å². The van der Waals surface area contributed by atoms with Crippen LogP contribution in [0.2, 0.25) is 0 Å². The van der Waals surface area contributed by atoms with Crippen LogP contribution in [0.3, 0.4) is 0 Å². The van der Waals surface area contributed by atoms with Crippen LogP contribution in [0.1, 0.15) is 25.0 Å². The van der Waals surface area contributed by atoms with E-state index in [9.17, 15) is 0 Å². The van der Waals surface area contributed by atoms with E-state index in [1.807, 2.05) is 18.2 Å². The van der Waals surface area contributed by atoms with Crippen LogP contribution >= 0.6 is 0 Å². The maximum atomic E-state index is 5.25. The van der Waals surface area contributed by atoms with Gasteiger partial charge in [0.15, 0.2) is 5.82 Å². The highest BCUT2D eigenvalue weighted by molar-refractivity contribution is 6.06. The molecule has 0 aliphatic heterocycles. The molecule has 53 heavy (non-hydrogen) atoms. The molecule has 0 spiro atoms. The predicted octanol–water partition coefficient (Wildman–Crippen LogP) is 13.4. The second-order valence-corrected chi connectivity index (χ2v) is 14.5. The van der Waals surface area contributed by atoms with Crippen LogP contribution in [0, 0.1) is 0 Å². The molecule has 0 amide bonds. The summed E-state index contributed by atoms with van der Waals surface area (Å²) in [6.07, 6.45) is 0. The highest BCUT2D eigenvalue weighted by atomic mass is 14.9. The van der Waals surface area contributed by atoms with E-state index < -0.39 is 0 Å². The molecule has 0 atom stereocenters. The molecule has 1 aliphatic carbocycles. The first-order valence-electron chi connectivity index (χ1n) is 18.3. The smallest absolute Gasteiger partial charge is 0.160 e. The predicted molar refractivity (Wildman–Crippen MR) is 222 cm³/mol. The van der Waals surface area contributed by atoms with Crippen molar-refractivity contribution >= 4 is 21.5 Å². The van der Waals surface area contributed by atoms with E-state index in [0.717, 1.165) is 28.1 Å². The summed E-state index contributed by atoms with van der Waals surface area (Å²) in [5.41, 5.74) is 15.2. The lowest BCUT2D eigenvalue weighted by atomic mass is 9.78. The van der Waals surface area contributed by atoms with Gasteiger partial charge in [-0.1, -0.05) is 190 Å². The normalized spacial score (nSPS) is 12.9. The van der Waals surface area contributed by atoms with Crippen LogP contribution in [0.25, 0.3) is 88.8 Å². The van der Waals surface area contributed by atoms with Gasteiger partial charge in [-0.2, -0.15) is 0 Å². The average Bonchev–Trinajstić information content (AvgIpc) is 3.46. The molecule has 250 valence electrons. The molecule has 2 nitrogen and oxygen atoms in total. The standard InChI is InChI=1S/C51H36N2/c1-51(2)46-25-11-10-21-42(46)45-24-13-23-44(49(45)51)41-30-31-43(40-20-9-8-19-39(40)41)48-32-47(52-50(53-48)36-15-4-3-5-16-36)35-28-26-34(27-29-35)38-22-12-17-33-14-6-7-18-37(33)38/h3-32H,1-2H3. The monoisotopic (exact) mass is 676 g/mol. The summed E-state index contributed by atoms with van der Waals surface area (Å²) in [6.45, 7) is 4.72. The van der Waals surface area contributed by atoms with Gasteiger partial charge in [-0.3, -0.25) is 0 Å². The summed E-state index contributed by atoms with van der Waals surface area (Å²) in [6, 6.07) is 65.3. The number of rotatable bonds is 5. The molecule has 9 aromatic rings. The molecule has 1 aromatic heterocycles. The van der Waals surface area contributed by atoms with Crippen molar-refractivity contribution in [2.24, 2.45) is 0 Å². The van der Waals surface area contributed by atoms with Crippen LogP contribution in [-0.4, -0.2) is 9.97 Å². The largest absolute Gasteiger partial charge is 0.228 e. The summed E-state index contributed by atoms with van der Waals surface area (Å²) >= 11 is 0. The quantitative estimate of drug-likeness (QED) is 0.181. The Morgan fingerprint density at radius 3 is 1.72 bits per heavy atom. The molecule has 0 saturated carbocycles. The topological polar surface area (TPSA) is 25.8 Å². The maximum Gasteiger partial charge on any atom is 0.160 e. The second-order valence-electron chi connectivity index (χ2n) is 14.5. The van der Waals surface area contributed by atoms with Crippen molar-refractivity contribution in [2.45, 2.75) is 19.3 Å². The molecule has 2 heteroatoms. The summed E-state index contributed by atoms with van der Waals surface area (Å²) in [5.74, 6) is 0.713. The molecule has 10 rings (SSSR count). The Morgan fingerprint density at radius 2 is 0.906 bits per heavy atom. The third kappa shape index (κ3) is 5.10. The highest BCUT2D eigenvalue weighted by Crippen LogP contribution is 2.53. The van der Waals surface area contributed by atoms with Gasteiger partial charge in [-0.15, -0.1) is 0 Å². The van der Waals surface area contributed by atoms with E-state index in [0.29, 0.717) is 5.82 Å². The first kappa shape index (κ1) is 31.1. The second kappa shape index (κ2) is 12.3. The minimum atomic E-state index is -0.113. The highest BCUT2D eigenvalue weighted by Gasteiger charge is 2.37. The number of hydrogen-bond acceptors (Lipinski definition) is 2. The van der Waals surface area contributed by atoms with Gasteiger partial charge in [0.05, 0.1) is 11.4 Å². The Hall–Kier alpha value is -6.64. The first-order valence-corrected chi connectivity index (χ1v) is 18.3. The van der Waals surface area contributed by atoms with Crippen LogP contribution in [0.4, 0.5) is 0 Å². The summed E-state index contributed by atoms with van der Waals surface area (Å²) < 4.78 is 0. The van der Waals surface area contributed by atoms with E-state index in [-0.39, 0.29) is 5.41 Å². The number of fused-ring (bicyclic) bond motifs is 5. The van der Waals surface area contributed by atoms with Gasteiger partial charge in [0.1, 0.15) is 0 Å². The molecule has 8 aromatic carbocycles. The minimum absolute atomic E-state index is 0.113. The molecule has 0 saturated heterocycles. The van der Waals surface area contributed by atoms with Gasteiger partial charge >= 0.3 is 0 Å². The zero-order valence-electron chi connectivity index (χ0n) is 29.7. The fourth-order valence-corrected chi connectivity index (χ4v) is 8.58. The molecule has 0 unspecified atom stereocenters. The van der Waals surface area contributed by atoms with Crippen molar-refractivity contribution in [1.29, 1.82) is 0 Å². The van der Waals surface area contributed by atoms with Crippen molar-refractivity contribution in [3.05, 3.63) is 193 Å². The molecule has 1 heterocycles. The van der Waals surface area contributed by atoms with E-state index in [1.165, 1.54) is 66.1 Å². The number of hydrogen-bond donors (Lipinski definition) is 0.